The number of aliphatic hydroxyl groups is 1. The Morgan fingerprint density at radius 3 is 2.11 bits per heavy atom. The summed E-state index contributed by atoms with van der Waals surface area (Å²) in [6.07, 6.45) is 0.148. The molecule has 0 amide bonds. The van der Waals surface area contributed by atoms with Crippen LogP contribution in [-0.4, -0.2) is 22.8 Å². The van der Waals surface area contributed by atoms with Crippen molar-refractivity contribution in [1.82, 2.24) is 6.15 Å². The van der Waals surface area contributed by atoms with Gasteiger partial charge < -0.3 is 16.4 Å². The van der Waals surface area contributed by atoms with Crippen LogP contribution in [-0.2, 0) is 4.79 Å². The number of aliphatic hydroxyl groups excluding tert-OH is 1. The molecule has 0 unspecified atom stereocenters. The fourth-order valence-electron chi connectivity index (χ4n) is 0.242. The fourth-order valence-corrected chi connectivity index (χ4v) is 0.242. The van der Waals surface area contributed by atoms with Crippen molar-refractivity contribution >= 4 is 5.97 Å². The van der Waals surface area contributed by atoms with E-state index in [1.54, 1.807) is 0 Å². The normalized spacial score (nSPS) is 7.67. The maximum absolute atomic E-state index is 9.88. The summed E-state index contributed by atoms with van der Waals surface area (Å²) in [5.74, 6) is -1.04. The van der Waals surface area contributed by atoms with Crippen LogP contribution in [0, 0.1) is 0 Å². The van der Waals surface area contributed by atoms with E-state index in [2.05, 4.69) is 6.58 Å². The second-order valence-corrected chi connectivity index (χ2v) is 1.38. The summed E-state index contributed by atoms with van der Waals surface area (Å²) in [4.78, 5) is 9.88. The summed E-state index contributed by atoms with van der Waals surface area (Å²) in [7, 11) is 0. The van der Waals surface area contributed by atoms with Gasteiger partial charge in [0.15, 0.2) is 0 Å². The summed E-state index contributed by atoms with van der Waals surface area (Å²) in [6, 6.07) is 0. The minimum Gasteiger partial charge on any atom is -0.478 e. The van der Waals surface area contributed by atoms with Crippen molar-refractivity contribution in [3.05, 3.63) is 12.2 Å². The highest BCUT2D eigenvalue weighted by Gasteiger charge is 1.99. The Kier molecular flexibility index (Phi) is 6.44. The number of hydrogen-bond donors (Lipinski definition) is 3. The van der Waals surface area contributed by atoms with Crippen LogP contribution < -0.4 is 6.15 Å². The van der Waals surface area contributed by atoms with Crippen molar-refractivity contribution < 1.29 is 15.0 Å². The van der Waals surface area contributed by atoms with Gasteiger partial charge >= 0.3 is 5.97 Å². The topological polar surface area (TPSA) is 92.5 Å². The van der Waals surface area contributed by atoms with Gasteiger partial charge in [-0.15, -0.1) is 0 Å². The lowest BCUT2D eigenvalue weighted by molar-refractivity contribution is -0.132. The quantitative estimate of drug-likeness (QED) is 0.478. The lowest BCUT2D eigenvalue weighted by Gasteiger charge is -1.91. The molecular formula is C5H11NO3. The van der Waals surface area contributed by atoms with Gasteiger partial charge in [-0.3, -0.25) is 0 Å². The van der Waals surface area contributed by atoms with E-state index in [-0.39, 0.29) is 24.8 Å². The molecule has 0 saturated carbocycles. The summed E-state index contributed by atoms with van der Waals surface area (Å²) >= 11 is 0. The smallest absolute Gasteiger partial charge is 0.331 e. The Labute approximate surface area is 53.4 Å². The van der Waals surface area contributed by atoms with Crippen molar-refractivity contribution in [3.63, 3.8) is 0 Å². The molecule has 0 atom stereocenters. The zero-order valence-electron chi connectivity index (χ0n) is 5.13. The van der Waals surface area contributed by atoms with Crippen LogP contribution in [0.15, 0.2) is 12.2 Å². The summed E-state index contributed by atoms with van der Waals surface area (Å²) < 4.78 is 0. The van der Waals surface area contributed by atoms with Crippen LogP contribution in [0.25, 0.3) is 0 Å². The van der Waals surface area contributed by atoms with Gasteiger partial charge in [0.25, 0.3) is 0 Å². The molecule has 0 aliphatic heterocycles. The first-order valence-electron chi connectivity index (χ1n) is 2.20. The molecule has 0 radical (unpaired) electrons. The molecule has 0 heterocycles. The predicted molar refractivity (Wildman–Crippen MR) is 33.5 cm³/mol. The third-order valence-corrected chi connectivity index (χ3v) is 0.716. The zero-order chi connectivity index (χ0) is 6.57. The van der Waals surface area contributed by atoms with Gasteiger partial charge in [-0.25, -0.2) is 4.79 Å². The third-order valence-electron chi connectivity index (χ3n) is 0.716. The Morgan fingerprint density at radius 2 is 2.00 bits per heavy atom. The number of carbonyl (C=O) groups is 1. The van der Waals surface area contributed by atoms with E-state index in [1.807, 2.05) is 0 Å². The number of carboxylic acid groups (broad SMARTS) is 1. The van der Waals surface area contributed by atoms with E-state index in [0.717, 1.165) is 0 Å². The molecule has 0 fully saturated rings. The molecule has 0 bridgehead atoms. The van der Waals surface area contributed by atoms with Crippen LogP contribution in [0.4, 0.5) is 0 Å². The van der Waals surface area contributed by atoms with E-state index in [4.69, 9.17) is 10.2 Å². The molecule has 0 saturated heterocycles. The van der Waals surface area contributed by atoms with Gasteiger partial charge in [-0.2, -0.15) is 0 Å². The van der Waals surface area contributed by atoms with E-state index < -0.39 is 5.97 Å². The van der Waals surface area contributed by atoms with Crippen LogP contribution in [0.2, 0.25) is 0 Å². The highest BCUT2D eigenvalue weighted by atomic mass is 16.4. The van der Waals surface area contributed by atoms with Crippen molar-refractivity contribution in [3.8, 4) is 0 Å². The van der Waals surface area contributed by atoms with Gasteiger partial charge in [0.2, 0.25) is 0 Å². The predicted octanol–water partition coefficient (Wildman–Crippen LogP) is 0.172. The minimum absolute atomic E-state index is 0. The Bertz CT molecular complexity index is 111. The lowest BCUT2D eigenvalue weighted by Crippen LogP contribution is -2.00. The van der Waals surface area contributed by atoms with E-state index in [9.17, 15) is 4.79 Å². The van der Waals surface area contributed by atoms with E-state index >= 15 is 0 Å². The molecule has 0 aromatic rings. The van der Waals surface area contributed by atoms with Crippen molar-refractivity contribution in [2.24, 2.45) is 0 Å². The van der Waals surface area contributed by atoms with Crippen LogP contribution in [0.5, 0.6) is 0 Å². The Balaban J connectivity index is 0. The summed E-state index contributed by atoms with van der Waals surface area (Å²) in [5.41, 5.74) is 0.0486. The monoisotopic (exact) mass is 133 g/mol. The highest BCUT2D eigenvalue weighted by Crippen LogP contribution is 1.94. The summed E-state index contributed by atoms with van der Waals surface area (Å²) in [5, 5.41) is 16.3. The molecular weight excluding hydrogens is 122 g/mol. The van der Waals surface area contributed by atoms with Crippen molar-refractivity contribution in [1.29, 1.82) is 0 Å². The standard InChI is InChI=1S/C5H8O3.H3N/c1-4(2-3-6)5(7)8;/h6H,1-3H2,(H,7,8);1H3. The Hall–Kier alpha value is -0.870. The second kappa shape index (κ2) is 5.27. The molecule has 54 valence electrons. The molecule has 0 spiro atoms. The average molecular weight is 133 g/mol. The number of rotatable bonds is 3. The fraction of sp³-hybridized carbons (Fsp3) is 0.400. The third kappa shape index (κ3) is 4.99. The van der Waals surface area contributed by atoms with Gasteiger partial charge in [0.05, 0.1) is 0 Å². The summed E-state index contributed by atoms with van der Waals surface area (Å²) in [6.45, 7) is 3.04. The first kappa shape index (κ1) is 11.0. The van der Waals surface area contributed by atoms with Gasteiger partial charge in [0.1, 0.15) is 0 Å². The first-order valence-corrected chi connectivity index (χ1v) is 2.20. The van der Waals surface area contributed by atoms with Crippen LogP contribution in [0.1, 0.15) is 6.42 Å². The maximum Gasteiger partial charge on any atom is 0.331 e. The molecule has 9 heavy (non-hydrogen) atoms. The highest BCUT2D eigenvalue weighted by molar-refractivity contribution is 5.85. The maximum atomic E-state index is 9.88. The molecule has 4 heteroatoms. The van der Waals surface area contributed by atoms with Crippen LogP contribution >= 0.6 is 0 Å². The largest absolute Gasteiger partial charge is 0.478 e. The molecule has 0 aromatic heterocycles. The number of hydrogen-bond acceptors (Lipinski definition) is 3. The van der Waals surface area contributed by atoms with Gasteiger partial charge in [0, 0.05) is 18.6 Å². The second-order valence-electron chi connectivity index (χ2n) is 1.38. The van der Waals surface area contributed by atoms with Crippen molar-refractivity contribution in [2.45, 2.75) is 6.42 Å². The Morgan fingerprint density at radius 1 is 1.56 bits per heavy atom. The molecule has 0 aliphatic carbocycles. The lowest BCUT2D eigenvalue weighted by atomic mass is 10.2. The molecule has 0 aromatic carbocycles. The molecule has 0 rings (SSSR count). The average Bonchev–Trinajstić information content (AvgIpc) is 1.67. The minimum atomic E-state index is -1.04. The molecule has 0 aliphatic rings. The SMILES string of the molecule is C=C(CCO)C(=O)O.N. The molecule has 4 nitrogen and oxygen atoms in total. The number of carboxylic acids is 1. The zero-order valence-corrected chi connectivity index (χ0v) is 5.13. The first-order chi connectivity index (χ1) is 3.68. The van der Waals surface area contributed by atoms with Gasteiger partial charge in [-0.05, 0) is 0 Å². The number of aliphatic carboxylic acids is 1. The van der Waals surface area contributed by atoms with E-state index in [0.29, 0.717) is 0 Å². The van der Waals surface area contributed by atoms with Crippen LogP contribution in [0.3, 0.4) is 0 Å². The molecule has 5 N–H and O–H groups in total. The van der Waals surface area contributed by atoms with E-state index in [1.165, 1.54) is 0 Å². The van der Waals surface area contributed by atoms with Crippen molar-refractivity contribution in [2.75, 3.05) is 6.61 Å². The van der Waals surface area contributed by atoms with Gasteiger partial charge in [-0.1, -0.05) is 6.58 Å².